The van der Waals surface area contributed by atoms with E-state index in [0.29, 0.717) is 5.02 Å². The third kappa shape index (κ3) is 3.00. The monoisotopic (exact) mass is 248 g/mol. The van der Waals surface area contributed by atoms with Gasteiger partial charge in [0.05, 0.1) is 6.07 Å². The first-order valence-electron chi connectivity index (χ1n) is 6.10. The van der Waals surface area contributed by atoms with E-state index in [1.807, 2.05) is 24.3 Å². The topological polar surface area (TPSA) is 27.0 Å². The fraction of sp³-hybridized carbons (Fsp3) is 0.500. The fourth-order valence-electron chi connectivity index (χ4n) is 2.33. The van der Waals surface area contributed by atoms with E-state index in [0.717, 1.165) is 24.6 Å². The van der Waals surface area contributed by atoms with Crippen LogP contribution in [0.3, 0.4) is 0 Å². The Morgan fingerprint density at radius 3 is 2.71 bits per heavy atom. The molecule has 0 aliphatic carbocycles. The van der Waals surface area contributed by atoms with E-state index in [1.165, 1.54) is 12.8 Å². The lowest BCUT2D eigenvalue weighted by Crippen LogP contribution is -2.35. The van der Waals surface area contributed by atoms with Gasteiger partial charge in [-0.3, -0.25) is 4.90 Å². The van der Waals surface area contributed by atoms with Crippen LogP contribution in [-0.4, -0.2) is 18.0 Å². The summed E-state index contributed by atoms with van der Waals surface area (Å²) >= 11 is 5.98. The van der Waals surface area contributed by atoms with Gasteiger partial charge < -0.3 is 0 Å². The van der Waals surface area contributed by atoms with Crippen LogP contribution < -0.4 is 0 Å². The summed E-state index contributed by atoms with van der Waals surface area (Å²) in [5.74, 6) is 0.782. The van der Waals surface area contributed by atoms with Crippen LogP contribution in [0.5, 0.6) is 0 Å². The Labute approximate surface area is 108 Å². The molecular weight excluding hydrogens is 232 g/mol. The van der Waals surface area contributed by atoms with E-state index in [9.17, 15) is 5.26 Å². The zero-order chi connectivity index (χ0) is 12.3. The molecule has 0 aromatic heterocycles. The van der Waals surface area contributed by atoms with Crippen molar-refractivity contribution in [3.05, 3.63) is 34.9 Å². The van der Waals surface area contributed by atoms with E-state index in [2.05, 4.69) is 17.9 Å². The first-order valence-corrected chi connectivity index (χ1v) is 6.47. The third-order valence-electron chi connectivity index (χ3n) is 3.47. The van der Waals surface area contributed by atoms with Gasteiger partial charge in [-0.1, -0.05) is 30.7 Å². The van der Waals surface area contributed by atoms with E-state index >= 15 is 0 Å². The Kier molecular flexibility index (Phi) is 4.04. The summed E-state index contributed by atoms with van der Waals surface area (Å²) in [6.45, 7) is 4.29. The molecule has 0 amide bonds. The summed E-state index contributed by atoms with van der Waals surface area (Å²) < 4.78 is 0. The van der Waals surface area contributed by atoms with E-state index < -0.39 is 0 Å². The van der Waals surface area contributed by atoms with Crippen molar-refractivity contribution >= 4 is 11.6 Å². The number of likely N-dealkylation sites (tertiary alicyclic amines) is 1. The minimum Gasteiger partial charge on any atom is -0.284 e. The van der Waals surface area contributed by atoms with Crippen LogP contribution in [0, 0.1) is 17.2 Å². The average molecular weight is 249 g/mol. The van der Waals surface area contributed by atoms with E-state index in [4.69, 9.17) is 11.6 Å². The molecule has 1 aromatic rings. The van der Waals surface area contributed by atoms with Gasteiger partial charge in [-0.25, -0.2) is 0 Å². The van der Waals surface area contributed by atoms with Gasteiger partial charge in [-0.05, 0) is 49.5 Å². The molecule has 2 nitrogen and oxygen atoms in total. The number of halogens is 1. The molecule has 1 unspecified atom stereocenters. The molecule has 0 saturated carbocycles. The van der Waals surface area contributed by atoms with Crippen LogP contribution in [0.25, 0.3) is 0 Å². The van der Waals surface area contributed by atoms with Gasteiger partial charge in [-0.2, -0.15) is 5.26 Å². The summed E-state index contributed by atoms with van der Waals surface area (Å²) in [4.78, 5) is 2.26. The smallest absolute Gasteiger partial charge is 0.123 e. The Hall–Kier alpha value is -1.04. The molecule has 1 saturated heterocycles. The third-order valence-corrected chi connectivity index (χ3v) is 3.71. The highest BCUT2D eigenvalue weighted by molar-refractivity contribution is 6.30. The first-order chi connectivity index (χ1) is 8.20. The lowest BCUT2D eigenvalue weighted by Gasteiger charge is -2.33. The van der Waals surface area contributed by atoms with Crippen LogP contribution in [0.1, 0.15) is 31.4 Å². The predicted molar refractivity (Wildman–Crippen MR) is 69.8 cm³/mol. The maximum atomic E-state index is 9.35. The molecule has 90 valence electrons. The lowest BCUT2D eigenvalue weighted by molar-refractivity contribution is 0.165. The van der Waals surface area contributed by atoms with E-state index in [-0.39, 0.29) is 6.04 Å². The van der Waals surface area contributed by atoms with Crippen molar-refractivity contribution in [1.29, 1.82) is 5.26 Å². The van der Waals surface area contributed by atoms with E-state index in [1.54, 1.807) is 0 Å². The Balaban J connectivity index is 2.14. The number of hydrogen-bond acceptors (Lipinski definition) is 2. The molecule has 17 heavy (non-hydrogen) atoms. The van der Waals surface area contributed by atoms with Crippen molar-refractivity contribution in [3.8, 4) is 6.07 Å². The van der Waals surface area contributed by atoms with Crippen molar-refractivity contribution in [2.75, 3.05) is 13.1 Å². The van der Waals surface area contributed by atoms with Gasteiger partial charge in [0.1, 0.15) is 6.04 Å². The second-order valence-corrected chi connectivity index (χ2v) is 5.24. The summed E-state index contributed by atoms with van der Waals surface area (Å²) in [5.41, 5.74) is 1.01. The zero-order valence-corrected chi connectivity index (χ0v) is 10.8. The fourth-order valence-corrected chi connectivity index (χ4v) is 2.53. The Morgan fingerprint density at radius 1 is 1.41 bits per heavy atom. The zero-order valence-electron chi connectivity index (χ0n) is 10.1. The van der Waals surface area contributed by atoms with Crippen LogP contribution >= 0.6 is 11.6 Å². The molecule has 0 spiro atoms. The number of nitriles is 1. The molecule has 1 aliphatic rings. The standard InChI is InChI=1S/C14H17ClN2/c1-11-5-7-17(8-6-11)14(10-16)12-3-2-4-13(15)9-12/h2-4,9,11,14H,5-8H2,1H3. The predicted octanol–water partition coefficient (Wildman–Crippen LogP) is 3.64. The minimum atomic E-state index is -0.152. The quantitative estimate of drug-likeness (QED) is 0.799. The van der Waals surface area contributed by atoms with Crippen LogP contribution in [0.2, 0.25) is 5.02 Å². The molecule has 1 fully saturated rings. The van der Waals surface area contributed by atoms with Gasteiger partial charge >= 0.3 is 0 Å². The number of rotatable bonds is 2. The molecule has 1 aliphatic heterocycles. The van der Waals surface area contributed by atoms with Crippen LogP contribution in [-0.2, 0) is 0 Å². The number of hydrogen-bond donors (Lipinski definition) is 0. The maximum Gasteiger partial charge on any atom is 0.123 e. The van der Waals surface area contributed by atoms with Gasteiger partial charge in [0.15, 0.2) is 0 Å². The summed E-state index contributed by atoms with van der Waals surface area (Å²) in [6.07, 6.45) is 2.36. The summed E-state index contributed by atoms with van der Waals surface area (Å²) in [6, 6.07) is 9.88. The van der Waals surface area contributed by atoms with Crippen molar-refractivity contribution in [2.24, 2.45) is 5.92 Å². The molecule has 0 radical (unpaired) electrons. The Bertz CT molecular complexity index is 416. The summed E-state index contributed by atoms with van der Waals surface area (Å²) in [5, 5.41) is 10.1. The lowest BCUT2D eigenvalue weighted by atomic mass is 9.96. The molecule has 1 atom stereocenters. The van der Waals surface area contributed by atoms with Gasteiger partial charge in [0, 0.05) is 5.02 Å². The van der Waals surface area contributed by atoms with Crippen LogP contribution in [0.4, 0.5) is 0 Å². The maximum absolute atomic E-state index is 9.35. The first kappa shape index (κ1) is 12.4. The van der Waals surface area contributed by atoms with Crippen molar-refractivity contribution in [2.45, 2.75) is 25.8 Å². The highest BCUT2D eigenvalue weighted by Gasteiger charge is 2.24. The van der Waals surface area contributed by atoms with Gasteiger partial charge in [-0.15, -0.1) is 0 Å². The molecular formula is C14H17ClN2. The average Bonchev–Trinajstić information content (AvgIpc) is 2.33. The van der Waals surface area contributed by atoms with Gasteiger partial charge in [0.25, 0.3) is 0 Å². The van der Waals surface area contributed by atoms with Crippen molar-refractivity contribution in [3.63, 3.8) is 0 Å². The second kappa shape index (κ2) is 5.53. The molecule has 0 N–H and O–H groups in total. The highest BCUT2D eigenvalue weighted by Crippen LogP contribution is 2.27. The Morgan fingerprint density at radius 2 is 2.12 bits per heavy atom. The van der Waals surface area contributed by atoms with Crippen molar-refractivity contribution < 1.29 is 0 Å². The minimum absolute atomic E-state index is 0.152. The summed E-state index contributed by atoms with van der Waals surface area (Å²) in [7, 11) is 0. The van der Waals surface area contributed by atoms with Gasteiger partial charge in [0.2, 0.25) is 0 Å². The highest BCUT2D eigenvalue weighted by atomic mass is 35.5. The largest absolute Gasteiger partial charge is 0.284 e. The molecule has 3 heteroatoms. The second-order valence-electron chi connectivity index (χ2n) is 4.81. The number of nitrogens with zero attached hydrogens (tertiary/aromatic N) is 2. The molecule has 1 heterocycles. The number of benzene rings is 1. The van der Waals surface area contributed by atoms with Crippen molar-refractivity contribution in [1.82, 2.24) is 4.90 Å². The molecule has 0 bridgehead atoms. The SMILES string of the molecule is CC1CCN(C(C#N)c2cccc(Cl)c2)CC1. The molecule has 2 rings (SSSR count). The van der Waals surface area contributed by atoms with Crippen LogP contribution in [0.15, 0.2) is 24.3 Å². The molecule has 1 aromatic carbocycles. The normalized spacial score (nSPS) is 19.8. The number of piperidine rings is 1.